The minimum Gasteiger partial charge on any atom is -0.389 e. The summed E-state index contributed by atoms with van der Waals surface area (Å²) < 4.78 is 5.49. The summed E-state index contributed by atoms with van der Waals surface area (Å²) in [7, 11) is 0. The van der Waals surface area contributed by atoms with Crippen LogP contribution < -0.4 is 5.32 Å². The van der Waals surface area contributed by atoms with Crippen molar-refractivity contribution in [2.24, 2.45) is 0 Å². The second-order valence-corrected chi connectivity index (χ2v) is 5.67. The molecule has 21 heavy (non-hydrogen) atoms. The standard InChI is InChI=1S/C18H31NO2/c1-3-4-5-8-13-21-15-18(20)14-19-12-11-17-10-7-6-9-16(17)2/h6-7,9-10,18-20H,3-5,8,11-15H2,1-2H3. The van der Waals surface area contributed by atoms with Gasteiger partial charge in [0.15, 0.2) is 0 Å². The highest BCUT2D eigenvalue weighted by Gasteiger charge is 2.04. The van der Waals surface area contributed by atoms with Crippen LogP contribution in [0.5, 0.6) is 0 Å². The molecule has 0 aliphatic rings. The minimum atomic E-state index is -0.409. The van der Waals surface area contributed by atoms with Crippen molar-refractivity contribution in [3.8, 4) is 0 Å². The third-order valence-electron chi connectivity index (χ3n) is 3.66. The molecule has 3 heteroatoms. The predicted molar refractivity (Wildman–Crippen MR) is 88.7 cm³/mol. The van der Waals surface area contributed by atoms with Gasteiger partial charge in [0, 0.05) is 13.2 Å². The van der Waals surface area contributed by atoms with Gasteiger partial charge in [0.1, 0.15) is 0 Å². The number of ether oxygens (including phenoxy) is 1. The number of hydrogen-bond donors (Lipinski definition) is 2. The number of benzene rings is 1. The lowest BCUT2D eigenvalue weighted by Crippen LogP contribution is -2.31. The summed E-state index contributed by atoms with van der Waals surface area (Å²) in [5, 5.41) is 13.1. The normalized spacial score (nSPS) is 12.5. The van der Waals surface area contributed by atoms with Gasteiger partial charge in [-0.3, -0.25) is 0 Å². The molecule has 0 spiro atoms. The molecule has 0 amide bonds. The van der Waals surface area contributed by atoms with E-state index in [9.17, 15) is 5.11 Å². The molecule has 1 aromatic rings. The van der Waals surface area contributed by atoms with Crippen LogP contribution in [0.25, 0.3) is 0 Å². The Balaban J connectivity index is 1.98. The first kappa shape index (κ1) is 18.1. The number of hydrogen-bond acceptors (Lipinski definition) is 3. The zero-order valence-corrected chi connectivity index (χ0v) is 13.6. The van der Waals surface area contributed by atoms with Gasteiger partial charge in [-0.05, 0) is 37.4 Å². The van der Waals surface area contributed by atoms with E-state index in [-0.39, 0.29) is 0 Å². The Morgan fingerprint density at radius 3 is 2.76 bits per heavy atom. The highest BCUT2D eigenvalue weighted by molar-refractivity contribution is 5.25. The summed E-state index contributed by atoms with van der Waals surface area (Å²) in [4.78, 5) is 0. The van der Waals surface area contributed by atoms with Crippen molar-refractivity contribution < 1.29 is 9.84 Å². The van der Waals surface area contributed by atoms with Crippen molar-refractivity contribution in [3.05, 3.63) is 35.4 Å². The quantitative estimate of drug-likeness (QED) is 0.582. The highest BCUT2D eigenvalue weighted by atomic mass is 16.5. The first-order valence-corrected chi connectivity index (χ1v) is 8.25. The van der Waals surface area contributed by atoms with E-state index in [0.717, 1.165) is 26.0 Å². The molecule has 1 aromatic carbocycles. The van der Waals surface area contributed by atoms with Gasteiger partial charge >= 0.3 is 0 Å². The monoisotopic (exact) mass is 293 g/mol. The van der Waals surface area contributed by atoms with Crippen molar-refractivity contribution >= 4 is 0 Å². The molecule has 0 aromatic heterocycles. The molecule has 1 rings (SSSR count). The molecule has 0 radical (unpaired) electrons. The third kappa shape index (κ3) is 8.86. The van der Waals surface area contributed by atoms with Crippen molar-refractivity contribution in [3.63, 3.8) is 0 Å². The highest BCUT2D eigenvalue weighted by Crippen LogP contribution is 2.06. The van der Waals surface area contributed by atoms with Gasteiger partial charge in [0.2, 0.25) is 0 Å². The maximum Gasteiger partial charge on any atom is 0.0897 e. The van der Waals surface area contributed by atoms with Crippen molar-refractivity contribution in [1.29, 1.82) is 0 Å². The summed E-state index contributed by atoms with van der Waals surface area (Å²) in [5.74, 6) is 0. The molecule has 120 valence electrons. The van der Waals surface area contributed by atoms with E-state index in [4.69, 9.17) is 4.74 Å². The SMILES string of the molecule is CCCCCCOCC(O)CNCCc1ccccc1C. The summed E-state index contributed by atoms with van der Waals surface area (Å²) >= 11 is 0. The van der Waals surface area contributed by atoms with Crippen LogP contribution in [0.2, 0.25) is 0 Å². The number of aliphatic hydroxyl groups is 1. The lowest BCUT2D eigenvalue weighted by molar-refractivity contribution is 0.0356. The molecule has 0 heterocycles. The van der Waals surface area contributed by atoms with Crippen LogP contribution in [0.15, 0.2) is 24.3 Å². The third-order valence-corrected chi connectivity index (χ3v) is 3.66. The molecule has 1 atom stereocenters. The molecule has 3 nitrogen and oxygen atoms in total. The van der Waals surface area contributed by atoms with Crippen molar-refractivity contribution in [2.45, 2.75) is 52.1 Å². The molecule has 2 N–H and O–H groups in total. The minimum absolute atomic E-state index is 0.409. The van der Waals surface area contributed by atoms with E-state index < -0.39 is 6.10 Å². The van der Waals surface area contributed by atoms with Gasteiger partial charge in [-0.1, -0.05) is 50.5 Å². The van der Waals surface area contributed by atoms with Crippen LogP contribution in [-0.2, 0) is 11.2 Å². The topological polar surface area (TPSA) is 41.5 Å². The van der Waals surface area contributed by atoms with E-state index in [1.807, 2.05) is 0 Å². The van der Waals surface area contributed by atoms with Crippen molar-refractivity contribution in [1.82, 2.24) is 5.32 Å². The fourth-order valence-corrected chi connectivity index (χ4v) is 2.29. The Morgan fingerprint density at radius 1 is 1.19 bits per heavy atom. The molecular formula is C18H31NO2. The van der Waals surface area contributed by atoms with Gasteiger partial charge in [-0.2, -0.15) is 0 Å². The first-order chi connectivity index (χ1) is 10.2. The van der Waals surface area contributed by atoms with Crippen LogP contribution in [0.1, 0.15) is 43.7 Å². The molecule has 0 aliphatic carbocycles. The van der Waals surface area contributed by atoms with Crippen LogP contribution >= 0.6 is 0 Å². The van der Waals surface area contributed by atoms with Gasteiger partial charge in [0.25, 0.3) is 0 Å². The maximum atomic E-state index is 9.82. The average Bonchev–Trinajstić information content (AvgIpc) is 2.49. The van der Waals surface area contributed by atoms with Gasteiger partial charge < -0.3 is 15.2 Å². The molecular weight excluding hydrogens is 262 g/mol. The fraction of sp³-hybridized carbons (Fsp3) is 0.667. The van der Waals surface area contributed by atoms with Crippen LogP contribution in [0.4, 0.5) is 0 Å². The fourth-order valence-electron chi connectivity index (χ4n) is 2.29. The lowest BCUT2D eigenvalue weighted by Gasteiger charge is -2.13. The Kier molecular flexibility index (Phi) is 10.1. The van der Waals surface area contributed by atoms with Crippen molar-refractivity contribution in [2.75, 3.05) is 26.3 Å². The largest absolute Gasteiger partial charge is 0.389 e. The summed E-state index contributed by atoms with van der Waals surface area (Å²) in [6, 6.07) is 8.43. The zero-order chi connectivity index (χ0) is 15.3. The number of aryl methyl sites for hydroxylation is 1. The van der Waals surface area contributed by atoms with E-state index in [2.05, 4.69) is 43.4 Å². The van der Waals surface area contributed by atoms with E-state index in [0.29, 0.717) is 13.2 Å². The summed E-state index contributed by atoms with van der Waals surface area (Å²) in [6.45, 7) is 7.02. The second-order valence-electron chi connectivity index (χ2n) is 5.67. The lowest BCUT2D eigenvalue weighted by atomic mass is 10.1. The average molecular weight is 293 g/mol. The zero-order valence-electron chi connectivity index (χ0n) is 13.6. The van der Waals surface area contributed by atoms with Crippen LogP contribution in [0, 0.1) is 6.92 Å². The number of rotatable bonds is 12. The summed E-state index contributed by atoms with van der Waals surface area (Å²) in [6.07, 6.45) is 5.42. The summed E-state index contributed by atoms with van der Waals surface area (Å²) in [5.41, 5.74) is 2.70. The first-order valence-electron chi connectivity index (χ1n) is 8.25. The molecule has 0 bridgehead atoms. The molecule has 0 saturated carbocycles. The molecule has 0 aliphatic heterocycles. The Morgan fingerprint density at radius 2 is 2.00 bits per heavy atom. The van der Waals surface area contributed by atoms with E-state index in [1.165, 1.54) is 30.4 Å². The molecule has 1 unspecified atom stereocenters. The van der Waals surface area contributed by atoms with Gasteiger partial charge in [-0.15, -0.1) is 0 Å². The smallest absolute Gasteiger partial charge is 0.0897 e. The maximum absolute atomic E-state index is 9.82. The molecule has 0 saturated heterocycles. The number of aliphatic hydroxyl groups excluding tert-OH is 1. The number of nitrogens with one attached hydrogen (secondary N) is 1. The van der Waals surface area contributed by atoms with Crippen LogP contribution in [-0.4, -0.2) is 37.5 Å². The Bertz CT molecular complexity index is 368. The van der Waals surface area contributed by atoms with E-state index >= 15 is 0 Å². The van der Waals surface area contributed by atoms with Gasteiger partial charge in [-0.25, -0.2) is 0 Å². The second kappa shape index (κ2) is 11.7. The van der Waals surface area contributed by atoms with Crippen LogP contribution in [0.3, 0.4) is 0 Å². The molecule has 0 fully saturated rings. The Labute approximate surface area is 129 Å². The van der Waals surface area contributed by atoms with E-state index in [1.54, 1.807) is 0 Å². The predicted octanol–water partition coefficient (Wildman–Crippen LogP) is 3.08. The Hall–Kier alpha value is -0.900. The van der Waals surface area contributed by atoms with Gasteiger partial charge in [0.05, 0.1) is 12.7 Å². The number of unbranched alkanes of at least 4 members (excludes halogenated alkanes) is 3.